The van der Waals surface area contributed by atoms with Crippen LogP contribution in [0, 0.1) is 29.0 Å². The van der Waals surface area contributed by atoms with Crippen LogP contribution in [-0.4, -0.2) is 17.2 Å². The maximum atomic E-state index is 13.2. The number of aliphatic hydroxyl groups excluding tert-OH is 1. The molecule has 0 saturated heterocycles. The van der Waals surface area contributed by atoms with Crippen LogP contribution in [0.15, 0.2) is 24.3 Å². The van der Waals surface area contributed by atoms with Crippen molar-refractivity contribution in [2.24, 2.45) is 11.8 Å². The van der Waals surface area contributed by atoms with Crippen molar-refractivity contribution in [3.8, 4) is 6.07 Å². The van der Waals surface area contributed by atoms with Gasteiger partial charge in [0.2, 0.25) is 0 Å². The first kappa shape index (κ1) is 17.9. The van der Waals surface area contributed by atoms with Crippen LogP contribution in [0.4, 0.5) is 4.39 Å². The molecule has 0 heterocycles. The van der Waals surface area contributed by atoms with Gasteiger partial charge < -0.3 is 10.4 Å². The van der Waals surface area contributed by atoms with Crippen molar-refractivity contribution in [1.29, 1.82) is 5.26 Å². The SMILES string of the molecule is CC(C)(CC1CCC(C#N)CC1)NCC(O)c1cccc(F)c1. The lowest BCUT2D eigenvalue weighted by Crippen LogP contribution is -2.43. The number of halogens is 1. The van der Waals surface area contributed by atoms with Crippen molar-refractivity contribution >= 4 is 0 Å². The predicted molar refractivity (Wildman–Crippen MR) is 89.1 cm³/mol. The Bertz CT molecular complexity index is 545. The smallest absolute Gasteiger partial charge is 0.123 e. The van der Waals surface area contributed by atoms with Crippen molar-refractivity contribution in [2.75, 3.05) is 6.54 Å². The lowest BCUT2D eigenvalue weighted by Gasteiger charge is -2.34. The summed E-state index contributed by atoms with van der Waals surface area (Å²) in [6, 6.07) is 8.49. The fourth-order valence-electron chi connectivity index (χ4n) is 3.49. The van der Waals surface area contributed by atoms with E-state index in [-0.39, 0.29) is 17.3 Å². The molecule has 23 heavy (non-hydrogen) atoms. The van der Waals surface area contributed by atoms with E-state index in [0.717, 1.165) is 32.1 Å². The molecule has 4 heteroatoms. The molecular weight excluding hydrogens is 291 g/mol. The van der Waals surface area contributed by atoms with E-state index in [1.165, 1.54) is 12.1 Å². The summed E-state index contributed by atoms with van der Waals surface area (Å²) in [5, 5.41) is 22.6. The van der Waals surface area contributed by atoms with Crippen molar-refractivity contribution in [1.82, 2.24) is 5.32 Å². The van der Waals surface area contributed by atoms with Gasteiger partial charge in [-0.05, 0) is 69.6 Å². The normalized spacial score (nSPS) is 23.3. The van der Waals surface area contributed by atoms with Gasteiger partial charge in [-0.15, -0.1) is 0 Å². The van der Waals surface area contributed by atoms with Gasteiger partial charge in [-0.25, -0.2) is 4.39 Å². The van der Waals surface area contributed by atoms with E-state index in [9.17, 15) is 9.50 Å². The van der Waals surface area contributed by atoms with Gasteiger partial charge in [-0.1, -0.05) is 12.1 Å². The minimum Gasteiger partial charge on any atom is -0.387 e. The van der Waals surface area contributed by atoms with Crippen LogP contribution in [-0.2, 0) is 0 Å². The van der Waals surface area contributed by atoms with Crippen molar-refractivity contribution in [3.63, 3.8) is 0 Å². The summed E-state index contributed by atoms with van der Waals surface area (Å²) < 4.78 is 13.2. The Balaban J connectivity index is 1.81. The van der Waals surface area contributed by atoms with Gasteiger partial charge in [0, 0.05) is 18.0 Å². The summed E-state index contributed by atoms with van der Waals surface area (Å²) >= 11 is 0. The Morgan fingerprint density at radius 3 is 2.65 bits per heavy atom. The molecule has 0 aliphatic heterocycles. The molecule has 3 nitrogen and oxygen atoms in total. The average molecular weight is 318 g/mol. The highest BCUT2D eigenvalue weighted by atomic mass is 19.1. The van der Waals surface area contributed by atoms with Crippen molar-refractivity contribution < 1.29 is 9.50 Å². The number of nitriles is 1. The third-order valence-corrected chi connectivity index (χ3v) is 4.84. The zero-order valence-electron chi connectivity index (χ0n) is 14.1. The van der Waals surface area contributed by atoms with Crippen molar-refractivity contribution in [2.45, 2.75) is 57.6 Å². The molecule has 0 aromatic heterocycles. The van der Waals surface area contributed by atoms with Gasteiger partial charge in [0.15, 0.2) is 0 Å². The third kappa shape index (κ3) is 5.60. The number of hydrogen-bond acceptors (Lipinski definition) is 3. The summed E-state index contributed by atoms with van der Waals surface area (Å²) in [6.07, 6.45) is 4.54. The fraction of sp³-hybridized carbons (Fsp3) is 0.632. The highest BCUT2D eigenvalue weighted by Crippen LogP contribution is 2.33. The number of nitrogens with zero attached hydrogens (tertiary/aromatic N) is 1. The molecule has 2 rings (SSSR count). The van der Waals surface area contributed by atoms with Gasteiger partial charge in [0.25, 0.3) is 0 Å². The van der Waals surface area contributed by atoms with Crippen LogP contribution < -0.4 is 5.32 Å². The number of hydrogen-bond donors (Lipinski definition) is 2. The van der Waals surface area contributed by atoms with E-state index in [1.807, 2.05) is 0 Å². The standard InChI is InChI=1S/C19H27FN2O/c1-19(2,11-14-6-8-15(12-21)9-7-14)22-13-18(23)16-4-3-5-17(20)10-16/h3-5,10,14-15,18,22-23H,6-9,11,13H2,1-2H3. The Hall–Kier alpha value is -1.44. The lowest BCUT2D eigenvalue weighted by molar-refractivity contribution is 0.149. The summed E-state index contributed by atoms with van der Waals surface area (Å²) in [5.41, 5.74) is 0.515. The van der Waals surface area contributed by atoms with Gasteiger partial charge in [0.05, 0.1) is 12.2 Å². The van der Waals surface area contributed by atoms with E-state index in [0.29, 0.717) is 18.0 Å². The topological polar surface area (TPSA) is 56.0 Å². The molecule has 0 amide bonds. The van der Waals surface area contributed by atoms with Crippen LogP contribution in [0.2, 0.25) is 0 Å². The Morgan fingerprint density at radius 2 is 2.04 bits per heavy atom. The van der Waals surface area contributed by atoms with E-state index >= 15 is 0 Å². The molecule has 1 aromatic carbocycles. The summed E-state index contributed by atoms with van der Waals surface area (Å²) in [7, 11) is 0. The summed E-state index contributed by atoms with van der Waals surface area (Å²) in [5.74, 6) is 0.542. The first-order valence-electron chi connectivity index (χ1n) is 8.48. The second-order valence-electron chi connectivity index (χ2n) is 7.39. The zero-order chi connectivity index (χ0) is 16.9. The molecule has 0 radical (unpaired) electrons. The fourth-order valence-corrected chi connectivity index (χ4v) is 3.49. The van der Waals surface area contributed by atoms with Crippen LogP contribution in [0.1, 0.15) is 57.6 Å². The number of rotatable bonds is 6. The van der Waals surface area contributed by atoms with E-state index in [4.69, 9.17) is 5.26 Å². The van der Waals surface area contributed by atoms with Crippen LogP contribution in [0.3, 0.4) is 0 Å². The zero-order valence-corrected chi connectivity index (χ0v) is 14.1. The molecule has 1 unspecified atom stereocenters. The van der Waals surface area contributed by atoms with Crippen LogP contribution in [0.25, 0.3) is 0 Å². The molecule has 0 spiro atoms. The minimum atomic E-state index is -0.709. The number of aliphatic hydroxyl groups is 1. The van der Waals surface area contributed by atoms with Gasteiger partial charge >= 0.3 is 0 Å². The first-order valence-corrected chi connectivity index (χ1v) is 8.48. The predicted octanol–water partition coefficient (Wildman–Crippen LogP) is 3.95. The van der Waals surface area contributed by atoms with Crippen LogP contribution >= 0.6 is 0 Å². The molecule has 1 aliphatic carbocycles. The Labute approximate surface area is 138 Å². The first-order chi connectivity index (χ1) is 10.9. The van der Waals surface area contributed by atoms with E-state index < -0.39 is 6.10 Å². The Morgan fingerprint density at radius 1 is 1.35 bits per heavy atom. The quantitative estimate of drug-likeness (QED) is 0.835. The molecule has 2 N–H and O–H groups in total. The third-order valence-electron chi connectivity index (χ3n) is 4.84. The van der Waals surface area contributed by atoms with E-state index in [2.05, 4.69) is 25.2 Å². The maximum Gasteiger partial charge on any atom is 0.123 e. The molecule has 1 aliphatic rings. The largest absolute Gasteiger partial charge is 0.387 e. The highest BCUT2D eigenvalue weighted by molar-refractivity contribution is 5.19. The molecule has 1 fully saturated rings. The number of benzene rings is 1. The molecule has 1 atom stereocenters. The maximum absolute atomic E-state index is 13.2. The van der Waals surface area contributed by atoms with Gasteiger partial charge in [-0.2, -0.15) is 5.26 Å². The monoisotopic (exact) mass is 318 g/mol. The van der Waals surface area contributed by atoms with Gasteiger partial charge in [0.1, 0.15) is 5.82 Å². The molecule has 1 aromatic rings. The molecule has 1 saturated carbocycles. The Kier molecular flexibility index (Phi) is 6.15. The number of β-amino-alcohol motifs (C(OH)–C–C–N with tert-alkyl or cyclic N) is 1. The highest BCUT2D eigenvalue weighted by Gasteiger charge is 2.27. The molecule has 0 bridgehead atoms. The molecular formula is C19H27FN2O. The molecule has 126 valence electrons. The average Bonchev–Trinajstić information content (AvgIpc) is 2.53. The summed E-state index contributed by atoms with van der Waals surface area (Å²) in [4.78, 5) is 0. The number of nitrogens with one attached hydrogen (secondary N) is 1. The lowest BCUT2D eigenvalue weighted by atomic mass is 9.77. The van der Waals surface area contributed by atoms with Crippen LogP contribution in [0.5, 0.6) is 0 Å². The van der Waals surface area contributed by atoms with E-state index in [1.54, 1.807) is 12.1 Å². The second-order valence-corrected chi connectivity index (χ2v) is 7.39. The van der Waals surface area contributed by atoms with Gasteiger partial charge in [-0.3, -0.25) is 0 Å². The van der Waals surface area contributed by atoms with Crippen molar-refractivity contribution in [3.05, 3.63) is 35.6 Å². The second kappa shape index (κ2) is 7.90. The minimum absolute atomic E-state index is 0.0849. The summed E-state index contributed by atoms with van der Waals surface area (Å²) in [6.45, 7) is 4.69.